The summed E-state index contributed by atoms with van der Waals surface area (Å²) in [6.45, 7) is 0. The van der Waals surface area contributed by atoms with Crippen molar-refractivity contribution in [1.29, 1.82) is 0 Å². The molecule has 2 rings (SSSR count). The summed E-state index contributed by atoms with van der Waals surface area (Å²) in [4.78, 5) is 23.6. The van der Waals surface area contributed by atoms with Crippen LogP contribution in [0.1, 0.15) is 36.0 Å². The summed E-state index contributed by atoms with van der Waals surface area (Å²) >= 11 is 0. The summed E-state index contributed by atoms with van der Waals surface area (Å²) in [5.74, 6) is -1.75. The minimum absolute atomic E-state index is 0.0110. The highest BCUT2D eigenvalue weighted by Crippen LogP contribution is 2.33. The van der Waals surface area contributed by atoms with Gasteiger partial charge in [-0.15, -0.1) is 0 Å². The zero-order valence-electron chi connectivity index (χ0n) is 11.2. The molecule has 20 heavy (non-hydrogen) atoms. The lowest BCUT2D eigenvalue weighted by Crippen LogP contribution is -2.52. The van der Waals surface area contributed by atoms with Crippen molar-refractivity contribution in [3.63, 3.8) is 0 Å². The highest BCUT2D eigenvalue weighted by atomic mass is 16.5. The van der Waals surface area contributed by atoms with Crippen molar-refractivity contribution < 1.29 is 24.5 Å². The van der Waals surface area contributed by atoms with Gasteiger partial charge in [0.1, 0.15) is 5.54 Å². The fraction of sp³-hybridized carbons (Fsp3) is 0.429. The molecule has 0 spiro atoms. The first kappa shape index (κ1) is 14.2. The molecule has 0 aliphatic heterocycles. The molecule has 1 amide bonds. The molecule has 0 heterocycles. The number of methoxy groups -OCH3 is 1. The van der Waals surface area contributed by atoms with Crippen LogP contribution < -0.4 is 10.1 Å². The molecule has 1 aliphatic rings. The van der Waals surface area contributed by atoms with Gasteiger partial charge in [-0.1, -0.05) is 18.9 Å². The van der Waals surface area contributed by atoms with Crippen molar-refractivity contribution in [2.75, 3.05) is 7.11 Å². The number of ether oxygens (including phenoxy) is 1. The number of carbonyl (C=O) groups excluding carboxylic acids is 1. The molecule has 1 aliphatic carbocycles. The number of phenolic OH excluding ortho intramolecular Hbond substituents is 1. The quantitative estimate of drug-likeness (QED) is 0.776. The van der Waals surface area contributed by atoms with Gasteiger partial charge in [-0.2, -0.15) is 0 Å². The van der Waals surface area contributed by atoms with E-state index in [1.165, 1.54) is 19.2 Å². The number of benzene rings is 1. The van der Waals surface area contributed by atoms with E-state index in [9.17, 15) is 19.8 Å². The molecule has 6 heteroatoms. The van der Waals surface area contributed by atoms with Crippen LogP contribution in [0.15, 0.2) is 18.2 Å². The van der Waals surface area contributed by atoms with Gasteiger partial charge in [-0.25, -0.2) is 4.79 Å². The average Bonchev–Trinajstić information content (AvgIpc) is 2.88. The maximum atomic E-state index is 12.2. The normalized spacial score (nSPS) is 16.6. The third-order valence-corrected chi connectivity index (χ3v) is 3.68. The van der Waals surface area contributed by atoms with Crippen LogP contribution in [0.25, 0.3) is 0 Å². The Labute approximate surface area is 116 Å². The molecule has 0 atom stereocenters. The molecule has 3 N–H and O–H groups in total. The van der Waals surface area contributed by atoms with Crippen LogP contribution in [0, 0.1) is 0 Å². The summed E-state index contributed by atoms with van der Waals surface area (Å²) in [5.41, 5.74) is -1.22. The first-order chi connectivity index (χ1) is 9.50. The Bertz CT molecular complexity index is 534. The molecule has 1 saturated carbocycles. The van der Waals surface area contributed by atoms with Gasteiger partial charge in [0.2, 0.25) is 0 Å². The van der Waals surface area contributed by atoms with Crippen LogP contribution in [-0.4, -0.2) is 34.7 Å². The zero-order valence-corrected chi connectivity index (χ0v) is 11.2. The van der Waals surface area contributed by atoms with Gasteiger partial charge in [0.05, 0.1) is 12.7 Å². The van der Waals surface area contributed by atoms with E-state index in [1.54, 1.807) is 6.07 Å². The number of phenols is 1. The minimum atomic E-state index is -1.23. The first-order valence-electron chi connectivity index (χ1n) is 6.42. The van der Waals surface area contributed by atoms with Gasteiger partial charge in [-0.05, 0) is 25.0 Å². The number of aromatic hydroxyl groups is 1. The third-order valence-electron chi connectivity index (χ3n) is 3.68. The molecule has 1 aromatic rings. The van der Waals surface area contributed by atoms with Crippen molar-refractivity contribution in [3.05, 3.63) is 23.8 Å². The SMILES string of the molecule is COc1cccc(C(=O)NC2(C(=O)O)CCCC2)c1O. The maximum absolute atomic E-state index is 12.2. The number of amides is 1. The largest absolute Gasteiger partial charge is 0.504 e. The summed E-state index contributed by atoms with van der Waals surface area (Å²) in [6.07, 6.45) is 2.32. The summed E-state index contributed by atoms with van der Waals surface area (Å²) < 4.78 is 4.93. The lowest BCUT2D eigenvalue weighted by atomic mass is 9.97. The summed E-state index contributed by atoms with van der Waals surface area (Å²) in [7, 11) is 1.38. The highest BCUT2D eigenvalue weighted by Gasteiger charge is 2.43. The van der Waals surface area contributed by atoms with E-state index >= 15 is 0 Å². The number of carboxylic acid groups (broad SMARTS) is 1. The minimum Gasteiger partial charge on any atom is -0.504 e. The van der Waals surface area contributed by atoms with Crippen LogP contribution in [0.2, 0.25) is 0 Å². The molecule has 1 aromatic carbocycles. The van der Waals surface area contributed by atoms with Crippen LogP contribution in [0.5, 0.6) is 11.5 Å². The molecular weight excluding hydrogens is 262 g/mol. The number of nitrogens with one attached hydrogen (secondary N) is 1. The van der Waals surface area contributed by atoms with Crippen LogP contribution in [-0.2, 0) is 4.79 Å². The summed E-state index contributed by atoms with van der Waals surface area (Å²) in [5, 5.41) is 21.8. The lowest BCUT2D eigenvalue weighted by molar-refractivity contribution is -0.144. The van der Waals surface area contributed by atoms with E-state index in [-0.39, 0.29) is 17.1 Å². The van der Waals surface area contributed by atoms with Crippen molar-refractivity contribution in [2.45, 2.75) is 31.2 Å². The molecule has 0 unspecified atom stereocenters. The Morgan fingerprint density at radius 3 is 2.50 bits per heavy atom. The molecule has 0 aromatic heterocycles. The maximum Gasteiger partial charge on any atom is 0.329 e. The lowest BCUT2D eigenvalue weighted by Gasteiger charge is -2.25. The predicted octanol–water partition coefficient (Wildman–Crippen LogP) is 1.53. The molecule has 6 nitrogen and oxygen atoms in total. The summed E-state index contributed by atoms with van der Waals surface area (Å²) in [6, 6.07) is 4.52. The number of aliphatic carboxylic acids is 1. The number of hydrogen-bond acceptors (Lipinski definition) is 4. The number of carboxylic acids is 1. The Balaban J connectivity index is 2.26. The number of para-hydroxylation sites is 1. The molecule has 0 radical (unpaired) electrons. The van der Waals surface area contributed by atoms with Gasteiger partial charge in [-0.3, -0.25) is 4.79 Å². The molecular formula is C14H17NO5. The van der Waals surface area contributed by atoms with Crippen LogP contribution in [0.4, 0.5) is 0 Å². The molecule has 0 saturated heterocycles. The monoisotopic (exact) mass is 279 g/mol. The van der Waals surface area contributed by atoms with E-state index in [1.807, 2.05) is 0 Å². The van der Waals surface area contributed by atoms with Crippen molar-refractivity contribution in [1.82, 2.24) is 5.32 Å². The van der Waals surface area contributed by atoms with Crippen molar-refractivity contribution in [3.8, 4) is 11.5 Å². The van der Waals surface area contributed by atoms with E-state index in [0.29, 0.717) is 12.8 Å². The van der Waals surface area contributed by atoms with E-state index < -0.39 is 17.4 Å². The Morgan fingerprint density at radius 1 is 1.30 bits per heavy atom. The van der Waals surface area contributed by atoms with Crippen molar-refractivity contribution in [2.24, 2.45) is 0 Å². The van der Waals surface area contributed by atoms with Gasteiger partial charge in [0, 0.05) is 0 Å². The Morgan fingerprint density at radius 2 is 1.95 bits per heavy atom. The standard InChI is InChI=1S/C14H17NO5/c1-20-10-6-4-5-9(11(10)16)12(17)15-14(13(18)19)7-2-3-8-14/h4-6,16H,2-3,7-8H2,1H3,(H,15,17)(H,18,19). The smallest absolute Gasteiger partial charge is 0.329 e. The molecule has 0 bridgehead atoms. The first-order valence-corrected chi connectivity index (χ1v) is 6.42. The molecule has 1 fully saturated rings. The predicted molar refractivity (Wildman–Crippen MR) is 71.0 cm³/mol. The zero-order chi connectivity index (χ0) is 14.8. The topological polar surface area (TPSA) is 95.9 Å². The van der Waals surface area contributed by atoms with Gasteiger partial charge >= 0.3 is 5.97 Å². The average molecular weight is 279 g/mol. The number of rotatable bonds is 4. The van der Waals surface area contributed by atoms with E-state index in [0.717, 1.165) is 12.8 Å². The van der Waals surface area contributed by atoms with Gasteiger partial charge in [0.15, 0.2) is 11.5 Å². The second kappa shape index (κ2) is 5.40. The van der Waals surface area contributed by atoms with Crippen LogP contribution >= 0.6 is 0 Å². The van der Waals surface area contributed by atoms with Crippen molar-refractivity contribution >= 4 is 11.9 Å². The van der Waals surface area contributed by atoms with E-state index in [2.05, 4.69) is 5.32 Å². The highest BCUT2D eigenvalue weighted by molar-refractivity contribution is 6.00. The van der Waals surface area contributed by atoms with Gasteiger partial charge in [0.25, 0.3) is 5.91 Å². The Hall–Kier alpha value is -2.24. The third kappa shape index (κ3) is 2.41. The van der Waals surface area contributed by atoms with Gasteiger partial charge < -0.3 is 20.3 Å². The Kier molecular flexibility index (Phi) is 3.83. The fourth-order valence-electron chi connectivity index (χ4n) is 2.53. The number of carbonyl (C=O) groups is 2. The molecule has 108 valence electrons. The second-order valence-corrected chi connectivity index (χ2v) is 4.90. The van der Waals surface area contributed by atoms with Crippen LogP contribution in [0.3, 0.4) is 0 Å². The fourth-order valence-corrected chi connectivity index (χ4v) is 2.53. The number of hydrogen-bond donors (Lipinski definition) is 3. The second-order valence-electron chi connectivity index (χ2n) is 4.90. The van der Waals surface area contributed by atoms with E-state index in [4.69, 9.17) is 4.74 Å².